The molecule has 11 heteroatoms. The SMILES string of the molecule is O=C(NCc1ccccc1F)c1cn(CCNCCc2nc3ccccc3[nH]2)nc1C(F)(F)F. The van der Waals surface area contributed by atoms with Crippen molar-refractivity contribution >= 4 is 16.9 Å². The Labute approximate surface area is 192 Å². The first-order chi connectivity index (χ1) is 16.3. The van der Waals surface area contributed by atoms with Crippen LogP contribution >= 0.6 is 0 Å². The lowest BCUT2D eigenvalue weighted by Gasteiger charge is -2.08. The molecule has 2 aromatic carbocycles. The van der Waals surface area contributed by atoms with Crippen LogP contribution in [-0.4, -0.2) is 38.7 Å². The monoisotopic (exact) mass is 474 g/mol. The van der Waals surface area contributed by atoms with Crippen molar-refractivity contribution in [3.63, 3.8) is 0 Å². The number of rotatable bonds is 9. The second kappa shape index (κ2) is 10.0. The van der Waals surface area contributed by atoms with Crippen LogP contribution in [0.15, 0.2) is 54.7 Å². The van der Waals surface area contributed by atoms with Gasteiger partial charge in [0.15, 0.2) is 5.69 Å². The van der Waals surface area contributed by atoms with Crippen LogP contribution in [0.1, 0.15) is 27.4 Å². The summed E-state index contributed by atoms with van der Waals surface area (Å²) in [5.41, 5.74) is 0.0986. The quantitative estimate of drug-likeness (QED) is 0.255. The zero-order chi connectivity index (χ0) is 24.1. The Bertz CT molecular complexity index is 1250. The van der Waals surface area contributed by atoms with E-state index >= 15 is 0 Å². The number of carbonyl (C=O) groups excluding carboxylic acids is 1. The van der Waals surface area contributed by atoms with E-state index in [0.29, 0.717) is 19.5 Å². The fourth-order valence-corrected chi connectivity index (χ4v) is 3.47. The first-order valence-corrected chi connectivity index (χ1v) is 10.6. The molecule has 0 radical (unpaired) electrons. The third kappa shape index (κ3) is 5.60. The molecule has 2 aromatic heterocycles. The number of hydrogen-bond acceptors (Lipinski definition) is 4. The van der Waals surface area contributed by atoms with Crippen molar-refractivity contribution in [2.45, 2.75) is 25.7 Å². The molecule has 0 aliphatic carbocycles. The minimum atomic E-state index is -4.80. The number of benzene rings is 2. The van der Waals surface area contributed by atoms with E-state index in [4.69, 9.17) is 0 Å². The van der Waals surface area contributed by atoms with Crippen molar-refractivity contribution in [1.82, 2.24) is 30.4 Å². The molecule has 2 heterocycles. The lowest BCUT2D eigenvalue weighted by Crippen LogP contribution is -2.25. The molecule has 4 aromatic rings. The molecule has 0 aliphatic rings. The highest BCUT2D eigenvalue weighted by molar-refractivity contribution is 5.95. The number of hydrogen-bond donors (Lipinski definition) is 3. The molecule has 0 fully saturated rings. The van der Waals surface area contributed by atoms with Crippen molar-refractivity contribution in [3.8, 4) is 0 Å². The van der Waals surface area contributed by atoms with Crippen LogP contribution in [0.2, 0.25) is 0 Å². The van der Waals surface area contributed by atoms with Crippen molar-refractivity contribution in [1.29, 1.82) is 0 Å². The Balaban J connectivity index is 1.32. The Hall–Kier alpha value is -3.73. The van der Waals surface area contributed by atoms with Crippen LogP contribution in [0.5, 0.6) is 0 Å². The fraction of sp³-hybridized carbons (Fsp3) is 0.261. The molecule has 0 saturated heterocycles. The Kier molecular flexibility index (Phi) is 6.92. The van der Waals surface area contributed by atoms with Gasteiger partial charge in [0.1, 0.15) is 11.6 Å². The molecule has 1 amide bonds. The standard InChI is InChI=1S/C23H22F4N6O/c24-17-6-2-1-5-15(17)13-29-22(34)16-14-33(32-21(16)23(25,26)27)12-11-28-10-9-20-30-18-7-3-4-8-19(18)31-20/h1-8,14,28H,9-13H2,(H,29,34)(H,30,31). The van der Waals surface area contributed by atoms with Crippen LogP contribution in [0.3, 0.4) is 0 Å². The number of fused-ring (bicyclic) bond motifs is 1. The molecule has 7 nitrogen and oxygen atoms in total. The summed E-state index contributed by atoms with van der Waals surface area (Å²) < 4.78 is 55.1. The van der Waals surface area contributed by atoms with E-state index in [9.17, 15) is 22.4 Å². The van der Waals surface area contributed by atoms with E-state index in [0.717, 1.165) is 27.7 Å². The Morgan fingerprint density at radius 2 is 1.82 bits per heavy atom. The van der Waals surface area contributed by atoms with Gasteiger partial charge in [-0.05, 0) is 18.2 Å². The van der Waals surface area contributed by atoms with Crippen LogP contribution in [0.4, 0.5) is 17.6 Å². The molecule has 0 bridgehead atoms. The van der Waals surface area contributed by atoms with Gasteiger partial charge in [0.25, 0.3) is 5.91 Å². The predicted molar refractivity (Wildman–Crippen MR) is 117 cm³/mol. The molecule has 4 rings (SSSR count). The number of amides is 1. The van der Waals surface area contributed by atoms with Crippen LogP contribution in [0.25, 0.3) is 11.0 Å². The minimum absolute atomic E-state index is 0.129. The summed E-state index contributed by atoms with van der Waals surface area (Å²) in [7, 11) is 0. The largest absolute Gasteiger partial charge is 0.435 e. The second-order valence-electron chi connectivity index (χ2n) is 7.63. The van der Waals surface area contributed by atoms with Gasteiger partial charge in [0.05, 0.1) is 23.1 Å². The van der Waals surface area contributed by atoms with Gasteiger partial charge in [0.2, 0.25) is 0 Å². The summed E-state index contributed by atoms with van der Waals surface area (Å²) in [5.74, 6) is -0.719. The second-order valence-corrected chi connectivity index (χ2v) is 7.63. The number of nitrogens with one attached hydrogen (secondary N) is 3. The fourth-order valence-electron chi connectivity index (χ4n) is 3.47. The van der Waals surface area contributed by atoms with E-state index in [1.165, 1.54) is 18.2 Å². The Morgan fingerprint density at radius 1 is 1.06 bits per heavy atom. The summed E-state index contributed by atoms with van der Waals surface area (Å²) in [5, 5.41) is 9.02. The zero-order valence-corrected chi connectivity index (χ0v) is 18.0. The molecule has 0 aliphatic heterocycles. The van der Waals surface area contributed by atoms with Gasteiger partial charge in [-0.15, -0.1) is 0 Å². The lowest BCUT2D eigenvalue weighted by molar-refractivity contribution is -0.141. The number of imidazole rings is 1. The van der Waals surface area contributed by atoms with Crippen LogP contribution in [-0.2, 0) is 25.7 Å². The number of aromatic nitrogens is 4. The topological polar surface area (TPSA) is 87.6 Å². The highest BCUT2D eigenvalue weighted by atomic mass is 19.4. The van der Waals surface area contributed by atoms with Gasteiger partial charge in [-0.2, -0.15) is 18.3 Å². The van der Waals surface area contributed by atoms with E-state index in [2.05, 4.69) is 25.7 Å². The average Bonchev–Trinajstić information content (AvgIpc) is 3.42. The zero-order valence-electron chi connectivity index (χ0n) is 18.0. The average molecular weight is 474 g/mol. The summed E-state index contributed by atoms with van der Waals surface area (Å²) in [4.78, 5) is 20.1. The van der Waals surface area contributed by atoms with Crippen LogP contribution in [0, 0.1) is 5.82 Å². The smallest absolute Gasteiger partial charge is 0.348 e. The van der Waals surface area contributed by atoms with Gasteiger partial charge < -0.3 is 15.6 Å². The van der Waals surface area contributed by atoms with Gasteiger partial charge in [-0.3, -0.25) is 9.48 Å². The first kappa shape index (κ1) is 23.4. The van der Waals surface area contributed by atoms with Gasteiger partial charge in [0, 0.05) is 37.8 Å². The molecule has 0 atom stereocenters. The normalized spacial score (nSPS) is 11.8. The van der Waals surface area contributed by atoms with E-state index in [1.54, 1.807) is 6.07 Å². The van der Waals surface area contributed by atoms with E-state index < -0.39 is 29.2 Å². The maximum absolute atomic E-state index is 13.7. The first-order valence-electron chi connectivity index (χ1n) is 10.6. The molecule has 0 saturated carbocycles. The number of halogens is 4. The third-order valence-corrected chi connectivity index (χ3v) is 5.17. The number of alkyl halides is 3. The number of H-pyrrole nitrogens is 1. The number of aromatic amines is 1. The van der Waals surface area contributed by atoms with Gasteiger partial charge >= 0.3 is 6.18 Å². The number of para-hydroxylation sites is 2. The minimum Gasteiger partial charge on any atom is -0.348 e. The molecule has 34 heavy (non-hydrogen) atoms. The third-order valence-electron chi connectivity index (χ3n) is 5.17. The number of carbonyl (C=O) groups is 1. The maximum atomic E-state index is 13.7. The lowest BCUT2D eigenvalue weighted by atomic mass is 10.2. The number of nitrogens with zero attached hydrogens (tertiary/aromatic N) is 3. The van der Waals surface area contributed by atoms with Crippen molar-refractivity contribution in [2.75, 3.05) is 13.1 Å². The molecule has 0 unspecified atom stereocenters. The van der Waals surface area contributed by atoms with E-state index in [-0.39, 0.29) is 18.7 Å². The molecule has 3 N–H and O–H groups in total. The molecule has 0 spiro atoms. The summed E-state index contributed by atoms with van der Waals surface area (Å²) in [6.07, 6.45) is -3.13. The highest BCUT2D eigenvalue weighted by Crippen LogP contribution is 2.30. The predicted octanol–water partition coefficient (Wildman–Crippen LogP) is 3.68. The van der Waals surface area contributed by atoms with Gasteiger partial charge in [-0.25, -0.2) is 9.37 Å². The Morgan fingerprint density at radius 3 is 2.59 bits per heavy atom. The highest BCUT2D eigenvalue weighted by Gasteiger charge is 2.39. The van der Waals surface area contributed by atoms with Crippen molar-refractivity contribution in [2.24, 2.45) is 0 Å². The molecular weight excluding hydrogens is 452 g/mol. The molecule has 178 valence electrons. The van der Waals surface area contributed by atoms with Crippen molar-refractivity contribution < 1.29 is 22.4 Å². The summed E-state index contributed by atoms with van der Waals surface area (Å²) >= 11 is 0. The molecular formula is C23H22F4N6O. The maximum Gasteiger partial charge on any atom is 0.435 e. The summed E-state index contributed by atoms with van der Waals surface area (Å²) in [6.45, 7) is 0.791. The van der Waals surface area contributed by atoms with E-state index in [1.807, 2.05) is 24.3 Å². The van der Waals surface area contributed by atoms with Crippen molar-refractivity contribution in [3.05, 3.63) is 83.2 Å². The summed E-state index contributed by atoms with van der Waals surface area (Å²) in [6, 6.07) is 13.4. The van der Waals surface area contributed by atoms with Gasteiger partial charge in [-0.1, -0.05) is 30.3 Å². The van der Waals surface area contributed by atoms with Crippen LogP contribution < -0.4 is 10.6 Å².